The standard InChI is InChI=1S/C24H19ClN4O4S/c25-18-9-6-15(7-10-18)13-29-20-12-17(8-11-21(20)34(31,32)14-19(26)24(29)30)23-28-27-22(33-23)16-4-2-1-3-5-16/h1-12,19H,13-14,26H2/t19-/m0/s1. The minimum atomic E-state index is -3.80. The van der Waals surface area contributed by atoms with E-state index in [-0.39, 0.29) is 23.0 Å². The highest BCUT2D eigenvalue weighted by atomic mass is 35.5. The van der Waals surface area contributed by atoms with Gasteiger partial charge in [0.05, 0.1) is 28.9 Å². The van der Waals surface area contributed by atoms with Gasteiger partial charge in [0.2, 0.25) is 17.7 Å². The predicted molar refractivity (Wildman–Crippen MR) is 128 cm³/mol. The summed E-state index contributed by atoms with van der Waals surface area (Å²) in [5, 5.41) is 8.77. The fourth-order valence-electron chi connectivity index (χ4n) is 3.81. The van der Waals surface area contributed by atoms with Crippen LogP contribution in [0.15, 0.2) is 82.1 Å². The van der Waals surface area contributed by atoms with Crippen molar-refractivity contribution in [2.75, 3.05) is 10.7 Å². The van der Waals surface area contributed by atoms with Crippen LogP contribution in [-0.4, -0.2) is 36.3 Å². The van der Waals surface area contributed by atoms with E-state index < -0.39 is 27.5 Å². The first-order chi connectivity index (χ1) is 16.3. The first-order valence-corrected chi connectivity index (χ1v) is 12.4. The summed E-state index contributed by atoms with van der Waals surface area (Å²) in [5.74, 6) is -0.445. The average Bonchev–Trinajstić information content (AvgIpc) is 3.31. The van der Waals surface area contributed by atoms with E-state index in [4.69, 9.17) is 21.8 Å². The Kier molecular flexibility index (Phi) is 5.68. The van der Waals surface area contributed by atoms with Crippen molar-refractivity contribution in [2.24, 2.45) is 5.73 Å². The van der Waals surface area contributed by atoms with Gasteiger partial charge in [0.25, 0.3) is 0 Å². The number of fused-ring (bicyclic) bond motifs is 1. The van der Waals surface area contributed by atoms with E-state index in [0.29, 0.717) is 16.5 Å². The number of benzene rings is 3. The molecule has 3 aromatic carbocycles. The molecule has 0 aliphatic carbocycles. The highest BCUT2D eigenvalue weighted by Crippen LogP contribution is 2.35. The van der Waals surface area contributed by atoms with E-state index in [1.165, 1.54) is 11.0 Å². The molecule has 0 fully saturated rings. The van der Waals surface area contributed by atoms with Crippen molar-refractivity contribution in [3.05, 3.63) is 83.4 Å². The topological polar surface area (TPSA) is 119 Å². The zero-order chi connectivity index (χ0) is 23.9. The number of anilines is 1. The van der Waals surface area contributed by atoms with Gasteiger partial charge in [-0.25, -0.2) is 8.42 Å². The Morgan fingerprint density at radius 2 is 1.65 bits per heavy atom. The minimum absolute atomic E-state index is 0.0225. The molecule has 2 N–H and O–H groups in total. The zero-order valence-corrected chi connectivity index (χ0v) is 19.3. The first kappa shape index (κ1) is 22.3. The molecule has 0 saturated heterocycles. The third-order valence-electron chi connectivity index (χ3n) is 5.51. The number of amides is 1. The fraction of sp³-hybridized carbons (Fsp3) is 0.125. The summed E-state index contributed by atoms with van der Waals surface area (Å²) in [6.07, 6.45) is 0. The van der Waals surface area contributed by atoms with Gasteiger partial charge in [-0.15, -0.1) is 10.2 Å². The molecule has 172 valence electrons. The average molecular weight is 495 g/mol. The van der Waals surface area contributed by atoms with Crippen LogP contribution in [0.4, 0.5) is 5.69 Å². The number of hydrogen-bond acceptors (Lipinski definition) is 7. The molecule has 5 rings (SSSR count). The summed E-state index contributed by atoms with van der Waals surface area (Å²) >= 11 is 5.98. The molecule has 1 aromatic heterocycles. The zero-order valence-electron chi connectivity index (χ0n) is 17.8. The Balaban J connectivity index is 1.60. The number of nitrogens with zero attached hydrogens (tertiary/aromatic N) is 3. The second kappa shape index (κ2) is 8.68. The number of sulfone groups is 1. The molecule has 1 amide bonds. The lowest BCUT2D eigenvalue weighted by atomic mass is 10.1. The number of nitrogens with two attached hydrogens (primary N) is 1. The Morgan fingerprint density at radius 3 is 2.35 bits per heavy atom. The molecule has 0 spiro atoms. The van der Waals surface area contributed by atoms with Crippen molar-refractivity contribution in [2.45, 2.75) is 17.5 Å². The minimum Gasteiger partial charge on any atom is -0.416 e. The summed E-state index contributed by atoms with van der Waals surface area (Å²) in [4.78, 5) is 14.6. The summed E-state index contributed by atoms with van der Waals surface area (Å²) in [6, 6.07) is 19.6. The SMILES string of the molecule is N[C@H]1CS(=O)(=O)c2ccc(-c3nnc(-c4ccccc4)o3)cc2N(Cc2ccc(Cl)cc2)C1=O. The number of halogens is 1. The van der Waals surface area contributed by atoms with E-state index in [1.54, 1.807) is 36.4 Å². The van der Waals surface area contributed by atoms with Crippen LogP contribution in [0.5, 0.6) is 0 Å². The van der Waals surface area contributed by atoms with Gasteiger partial charge in [0.15, 0.2) is 9.84 Å². The maximum atomic E-state index is 13.2. The Labute approximate surface area is 200 Å². The second-order valence-electron chi connectivity index (χ2n) is 7.90. The smallest absolute Gasteiger partial charge is 0.248 e. The number of carbonyl (C=O) groups excluding carboxylic acids is 1. The third kappa shape index (κ3) is 4.21. The van der Waals surface area contributed by atoms with Crippen LogP contribution in [0.1, 0.15) is 5.56 Å². The van der Waals surface area contributed by atoms with Crippen LogP contribution < -0.4 is 10.6 Å². The molecule has 0 radical (unpaired) electrons. The summed E-state index contributed by atoms with van der Waals surface area (Å²) < 4.78 is 31.8. The van der Waals surface area contributed by atoms with Crippen LogP contribution in [0.25, 0.3) is 22.9 Å². The Hall–Kier alpha value is -3.53. The molecule has 0 unspecified atom stereocenters. The third-order valence-corrected chi connectivity index (χ3v) is 7.58. The highest BCUT2D eigenvalue weighted by Gasteiger charge is 2.36. The van der Waals surface area contributed by atoms with Gasteiger partial charge >= 0.3 is 0 Å². The van der Waals surface area contributed by atoms with Gasteiger partial charge in [0.1, 0.15) is 0 Å². The van der Waals surface area contributed by atoms with Crippen molar-refractivity contribution in [1.82, 2.24) is 10.2 Å². The fourth-order valence-corrected chi connectivity index (χ4v) is 5.50. The Morgan fingerprint density at radius 1 is 0.971 bits per heavy atom. The summed E-state index contributed by atoms with van der Waals surface area (Å²) in [5.41, 5.74) is 8.20. The quantitative estimate of drug-likeness (QED) is 0.459. The van der Waals surface area contributed by atoms with E-state index in [1.807, 2.05) is 30.3 Å². The monoisotopic (exact) mass is 494 g/mol. The van der Waals surface area contributed by atoms with Crippen molar-refractivity contribution in [3.8, 4) is 22.9 Å². The molecule has 2 heterocycles. The maximum absolute atomic E-state index is 13.2. The maximum Gasteiger partial charge on any atom is 0.248 e. The van der Waals surface area contributed by atoms with Gasteiger partial charge < -0.3 is 15.1 Å². The predicted octanol–water partition coefficient (Wildman–Crippen LogP) is 3.70. The normalized spacial score (nSPS) is 17.3. The van der Waals surface area contributed by atoms with Crippen molar-refractivity contribution in [3.63, 3.8) is 0 Å². The molecular formula is C24H19ClN4O4S. The molecule has 8 nitrogen and oxygen atoms in total. The van der Waals surface area contributed by atoms with Crippen LogP contribution >= 0.6 is 11.6 Å². The van der Waals surface area contributed by atoms with Crippen molar-refractivity contribution >= 4 is 33.0 Å². The van der Waals surface area contributed by atoms with E-state index in [0.717, 1.165) is 11.1 Å². The molecule has 10 heteroatoms. The summed E-state index contributed by atoms with van der Waals surface area (Å²) in [6.45, 7) is 0.120. The lowest BCUT2D eigenvalue weighted by molar-refractivity contribution is -0.119. The van der Waals surface area contributed by atoms with Gasteiger partial charge in [-0.05, 0) is 48.0 Å². The van der Waals surface area contributed by atoms with Crippen LogP contribution in [0, 0.1) is 0 Å². The molecule has 34 heavy (non-hydrogen) atoms. The van der Waals surface area contributed by atoms with Crippen LogP contribution in [0.3, 0.4) is 0 Å². The van der Waals surface area contributed by atoms with Gasteiger partial charge in [-0.1, -0.05) is 41.9 Å². The lowest BCUT2D eigenvalue weighted by Crippen LogP contribution is -2.45. The highest BCUT2D eigenvalue weighted by molar-refractivity contribution is 7.91. The van der Waals surface area contributed by atoms with Gasteiger partial charge in [-0.3, -0.25) is 4.79 Å². The molecule has 1 aliphatic heterocycles. The van der Waals surface area contributed by atoms with E-state index in [9.17, 15) is 13.2 Å². The molecular weight excluding hydrogens is 476 g/mol. The summed E-state index contributed by atoms with van der Waals surface area (Å²) in [7, 11) is -3.80. The molecule has 0 saturated carbocycles. The molecule has 4 aromatic rings. The molecule has 1 aliphatic rings. The number of aromatic nitrogens is 2. The number of hydrogen-bond donors (Lipinski definition) is 1. The Bertz CT molecular complexity index is 1470. The van der Waals surface area contributed by atoms with E-state index in [2.05, 4.69) is 10.2 Å². The van der Waals surface area contributed by atoms with Gasteiger partial charge in [-0.2, -0.15) is 0 Å². The number of carbonyl (C=O) groups is 1. The number of rotatable bonds is 4. The van der Waals surface area contributed by atoms with Gasteiger partial charge in [0, 0.05) is 16.1 Å². The van der Waals surface area contributed by atoms with Crippen LogP contribution in [0.2, 0.25) is 5.02 Å². The largest absolute Gasteiger partial charge is 0.416 e. The second-order valence-corrected chi connectivity index (χ2v) is 10.3. The lowest BCUT2D eigenvalue weighted by Gasteiger charge is -2.24. The van der Waals surface area contributed by atoms with Crippen molar-refractivity contribution in [1.29, 1.82) is 0 Å². The molecule has 0 bridgehead atoms. The first-order valence-electron chi connectivity index (χ1n) is 10.4. The van der Waals surface area contributed by atoms with E-state index >= 15 is 0 Å². The van der Waals surface area contributed by atoms with Crippen molar-refractivity contribution < 1.29 is 17.6 Å². The van der Waals surface area contributed by atoms with Crippen LogP contribution in [-0.2, 0) is 21.2 Å². The molecule has 1 atom stereocenters.